The molecule has 0 amide bonds. The molecule has 2 heterocycles. The summed E-state index contributed by atoms with van der Waals surface area (Å²) in [5.74, 6) is 0. The monoisotopic (exact) mass is 819 g/mol. The Morgan fingerprint density at radius 3 is 1.32 bits per heavy atom. The molecule has 0 fully saturated rings. The summed E-state index contributed by atoms with van der Waals surface area (Å²) in [6.45, 7) is 39.9. The van der Waals surface area contributed by atoms with Crippen molar-refractivity contribution >= 4 is 57.2 Å². The fourth-order valence-corrected chi connectivity index (χ4v) is 10.1. The molecular weight excluding hydrogens is 747 g/mol. The molecule has 0 aliphatic carbocycles. The van der Waals surface area contributed by atoms with Crippen LogP contribution in [0.15, 0.2) is 121 Å². The maximum absolute atomic E-state index is 2.57. The van der Waals surface area contributed by atoms with E-state index in [2.05, 4.69) is 249 Å². The molecule has 0 radical (unpaired) electrons. The van der Waals surface area contributed by atoms with Gasteiger partial charge < -0.3 is 9.80 Å². The summed E-state index contributed by atoms with van der Waals surface area (Å²) in [4.78, 5) is 5.04. The predicted octanol–water partition coefficient (Wildman–Crippen LogP) is 14.6. The average Bonchev–Trinajstić information content (AvgIpc) is 3.18. The molecule has 0 N–H and O–H groups in total. The lowest BCUT2D eigenvalue weighted by atomic mass is 9.29. The van der Waals surface area contributed by atoms with Gasteiger partial charge in [-0.25, -0.2) is 0 Å². The normalized spacial score (nSPS) is 14.9. The molecule has 0 atom stereocenters. The van der Waals surface area contributed by atoms with Crippen LogP contribution in [0.1, 0.15) is 157 Å². The Morgan fingerprint density at radius 1 is 0.419 bits per heavy atom. The maximum Gasteiger partial charge on any atom is 0.247 e. The minimum atomic E-state index is -0.297. The zero-order chi connectivity index (χ0) is 45.1. The second-order valence-corrected chi connectivity index (χ2v) is 24.1. The quantitative estimate of drug-likeness (QED) is 0.163. The molecule has 2 aliphatic rings. The van der Waals surface area contributed by atoms with Gasteiger partial charge in [0.2, 0.25) is 6.71 Å². The summed E-state index contributed by atoms with van der Waals surface area (Å²) in [6, 6.07) is 47.5. The van der Waals surface area contributed by atoms with Gasteiger partial charge in [-0.3, -0.25) is 0 Å². The van der Waals surface area contributed by atoms with E-state index in [4.69, 9.17) is 0 Å². The van der Waals surface area contributed by atoms with E-state index in [9.17, 15) is 0 Å². The molecule has 0 bridgehead atoms. The van der Waals surface area contributed by atoms with Crippen molar-refractivity contribution in [3.63, 3.8) is 0 Å². The summed E-state index contributed by atoms with van der Waals surface area (Å²) in [5.41, 5.74) is 21.0. The van der Waals surface area contributed by atoms with Crippen LogP contribution >= 0.6 is 0 Å². The average molecular weight is 819 g/mol. The van der Waals surface area contributed by atoms with Gasteiger partial charge in [0, 0.05) is 39.5 Å². The zero-order valence-electron chi connectivity index (χ0n) is 41.0. The van der Waals surface area contributed by atoms with Crippen molar-refractivity contribution < 1.29 is 0 Å². The Hall–Kier alpha value is -5.02. The molecule has 6 aromatic carbocycles. The Labute approximate surface area is 375 Å². The minimum absolute atomic E-state index is 0.00319. The highest BCUT2D eigenvalue weighted by Gasteiger charge is 2.48. The first-order valence-corrected chi connectivity index (χ1v) is 23.1. The van der Waals surface area contributed by atoms with E-state index >= 15 is 0 Å². The second-order valence-electron chi connectivity index (χ2n) is 24.1. The van der Waals surface area contributed by atoms with Gasteiger partial charge in [0.25, 0.3) is 0 Å². The van der Waals surface area contributed by atoms with Crippen LogP contribution in [0.25, 0.3) is 0 Å². The lowest BCUT2D eigenvalue weighted by Crippen LogP contribution is -2.64. The third kappa shape index (κ3) is 7.52. The third-order valence-electron chi connectivity index (χ3n) is 13.9. The van der Waals surface area contributed by atoms with Crippen molar-refractivity contribution in [2.75, 3.05) is 9.80 Å². The number of anilines is 6. The summed E-state index contributed by atoms with van der Waals surface area (Å²) in [7, 11) is 0. The van der Waals surface area contributed by atoms with Crippen LogP contribution in [0, 0.1) is 0 Å². The van der Waals surface area contributed by atoms with Gasteiger partial charge >= 0.3 is 0 Å². The first-order chi connectivity index (χ1) is 28.7. The van der Waals surface area contributed by atoms with Crippen molar-refractivity contribution in [3.05, 3.63) is 160 Å². The van der Waals surface area contributed by atoms with Gasteiger partial charge in [-0.1, -0.05) is 184 Å². The molecule has 6 aromatic rings. The lowest BCUT2D eigenvalue weighted by Gasteiger charge is -2.48. The third-order valence-corrected chi connectivity index (χ3v) is 13.9. The summed E-state index contributed by atoms with van der Waals surface area (Å²) in [6.07, 6.45) is 0. The van der Waals surface area contributed by atoms with Gasteiger partial charge in [0.1, 0.15) is 0 Å². The van der Waals surface area contributed by atoms with Crippen LogP contribution in [0.4, 0.5) is 34.1 Å². The van der Waals surface area contributed by atoms with Crippen LogP contribution < -0.4 is 26.2 Å². The molecule has 0 saturated carbocycles. The van der Waals surface area contributed by atoms with Crippen LogP contribution in [0.3, 0.4) is 0 Å². The number of hydrogen-bond acceptors (Lipinski definition) is 2. The van der Waals surface area contributed by atoms with Crippen molar-refractivity contribution in [2.24, 2.45) is 0 Å². The largest absolute Gasteiger partial charge is 0.312 e. The topological polar surface area (TPSA) is 6.48 Å². The smallest absolute Gasteiger partial charge is 0.247 e. The number of fused-ring (bicyclic) bond motifs is 4. The first kappa shape index (κ1) is 43.6. The minimum Gasteiger partial charge on any atom is -0.312 e. The predicted molar refractivity (Wildman–Crippen MR) is 273 cm³/mol. The summed E-state index contributed by atoms with van der Waals surface area (Å²) >= 11 is 0. The van der Waals surface area contributed by atoms with E-state index in [-0.39, 0.29) is 39.2 Å². The van der Waals surface area contributed by atoms with Gasteiger partial charge in [0.15, 0.2) is 0 Å². The highest BCUT2D eigenvalue weighted by molar-refractivity contribution is 6.99. The van der Waals surface area contributed by atoms with Crippen molar-refractivity contribution in [2.45, 2.75) is 150 Å². The number of rotatable bonds is 4. The summed E-state index contributed by atoms with van der Waals surface area (Å²) < 4.78 is 0. The van der Waals surface area contributed by atoms with E-state index in [0.29, 0.717) is 0 Å². The number of hydrogen-bond donors (Lipinski definition) is 0. The molecular formula is C59H71BN2. The Morgan fingerprint density at radius 2 is 0.855 bits per heavy atom. The zero-order valence-corrected chi connectivity index (χ0v) is 41.0. The van der Waals surface area contributed by atoms with Gasteiger partial charge in [0.05, 0.1) is 0 Å². The highest BCUT2D eigenvalue weighted by atomic mass is 15.2. The molecule has 0 spiro atoms. The molecule has 0 aromatic heterocycles. The first-order valence-electron chi connectivity index (χ1n) is 23.1. The fourth-order valence-electron chi connectivity index (χ4n) is 10.1. The van der Waals surface area contributed by atoms with Gasteiger partial charge in [-0.05, 0) is 138 Å². The molecule has 2 nitrogen and oxygen atoms in total. The standard InChI is InChI=1S/C59H71BN2/c1-54(2,3)38-18-25-42(26-19-38)61(43-27-20-39(21-28-43)55(4,5)6)45-31-33-48-47(37-45)59(16,17)52-46(58(13,14)15)32-35-51-53(52)60(48)49-36-41(57(10,11)12)24-34-50(49)62(51)44-29-22-40(23-30-44)56(7,8)9/h18-37H,1-17H3. The van der Waals surface area contributed by atoms with Crippen LogP contribution in [0.5, 0.6) is 0 Å². The molecule has 320 valence electrons. The molecule has 0 saturated heterocycles. The Balaban J connectivity index is 1.40. The SMILES string of the molecule is CC(C)(C)c1ccc(N(c2ccc(C(C)(C)C)cc2)c2ccc3c(c2)C(C)(C)c2c(C(C)(C)C)ccc4c2B3c2cc(C(C)(C)C)ccc2N4c2ccc(C(C)(C)C)cc2)cc1. The van der Waals surface area contributed by atoms with E-state index < -0.39 is 0 Å². The maximum atomic E-state index is 2.57. The van der Waals surface area contributed by atoms with Crippen molar-refractivity contribution in [1.29, 1.82) is 0 Å². The van der Waals surface area contributed by atoms with Gasteiger partial charge in [-0.2, -0.15) is 0 Å². The van der Waals surface area contributed by atoms with Crippen LogP contribution in [0.2, 0.25) is 0 Å². The Bertz CT molecular complexity index is 2590. The van der Waals surface area contributed by atoms with E-state index in [0.717, 1.165) is 0 Å². The lowest BCUT2D eigenvalue weighted by molar-refractivity contribution is 0.552. The molecule has 2 aliphatic heterocycles. The van der Waals surface area contributed by atoms with E-state index in [1.807, 2.05) is 0 Å². The molecule has 3 heteroatoms. The summed E-state index contributed by atoms with van der Waals surface area (Å²) in [5, 5.41) is 0. The fraction of sp³-hybridized carbons (Fsp3) is 0.390. The van der Waals surface area contributed by atoms with Crippen LogP contribution in [-0.2, 0) is 32.5 Å². The Kier molecular flexibility index (Phi) is 10.2. The van der Waals surface area contributed by atoms with Crippen molar-refractivity contribution in [1.82, 2.24) is 0 Å². The van der Waals surface area contributed by atoms with Crippen molar-refractivity contribution in [3.8, 4) is 0 Å². The number of nitrogens with zero attached hydrogens (tertiary/aromatic N) is 2. The second kappa shape index (κ2) is 14.5. The van der Waals surface area contributed by atoms with E-state index in [1.54, 1.807) is 0 Å². The van der Waals surface area contributed by atoms with Gasteiger partial charge in [-0.15, -0.1) is 0 Å². The molecule has 62 heavy (non-hydrogen) atoms. The van der Waals surface area contributed by atoms with Crippen LogP contribution in [-0.4, -0.2) is 6.71 Å². The van der Waals surface area contributed by atoms with E-state index in [1.165, 1.54) is 89.5 Å². The number of benzene rings is 6. The highest BCUT2D eigenvalue weighted by Crippen LogP contribution is 2.48. The molecule has 8 rings (SSSR count). The molecule has 0 unspecified atom stereocenters.